The van der Waals surface area contributed by atoms with E-state index in [0.29, 0.717) is 11.3 Å². The number of nitrogens with two attached hydrogens (primary N) is 1. The van der Waals surface area contributed by atoms with Crippen molar-refractivity contribution < 1.29 is 18.6 Å². The van der Waals surface area contributed by atoms with Gasteiger partial charge in [0.05, 0.1) is 11.8 Å². The SMILES string of the molecule is CC.CC(C)n1ccc(-c2cnc(N)c(OC(F)F)c2)n1.OC1CC2CC2C1. The van der Waals surface area contributed by atoms with E-state index in [-0.39, 0.29) is 23.7 Å². The molecule has 2 fully saturated rings. The van der Waals surface area contributed by atoms with Crippen LogP contribution in [-0.2, 0) is 0 Å². The topological polar surface area (TPSA) is 86.2 Å². The fourth-order valence-corrected chi connectivity index (χ4v) is 3.25. The summed E-state index contributed by atoms with van der Waals surface area (Å²) >= 11 is 0. The fourth-order valence-electron chi connectivity index (χ4n) is 3.25. The first-order chi connectivity index (χ1) is 13.3. The smallest absolute Gasteiger partial charge is 0.387 e. The van der Waals surface area contributed by atoms with Gasteiger partial charge in [-0.25, -0.2) is 4.98 Å². The minimum absolute atomic E-state index is 0.0729. The summed E-state index contributed by atoms with van der Waals surface area (Å²) in [5.41, 5.74) is 6.67. The van der Waals surface area contributed by atoms with Crippen LogP contribution in [0.5, 0.6) is 5.75 Å². The average molecular weight is 396 g/mol. The summed E-state index contributed by atoms with van der Waals surface area (Å²) in [5.74, 6) is 1.66. The normalized spacial score (nSPS) is 22.1. The minimum Gasteiger partial charge on any atom is -0.431 e. The van der Waals surface area contributed by atoms with E-state index in [1.165, 1.54) is 18.7 Å². The number of pyridine rings is 1. The molecule has 156 valence electrons. The molecule has 3 N–H and O–H groups in total. The highest BCUT2D eigenvalue weighted by Crippen LogP contribution is 2.51. The molecule has 2 saturated carbocycles. The van der Waals surface area contributed by atoms with Crippen LogP contribution >= 0.6 is 0 Å². The van der Waals surface area contributed by atoms with Crippen molar-refractivity contribution in [3.8, 4) is 17.0 Å². The summed E-state index contributed by atoms with van der Waals surface area (Å²) in [7, 11) is 0. The number of nitrogen functional groups attached to an aromatic ring is 1. The molecular formula is C20H30F2N4O2. The Bertz CT molecular complexity index is 742. The second kappa shape index (κ2) is 9.82. The van der Waals surface area contributed by atoms with Crippen LogP contribution in [0.1, 0.15) is 53.0 Å². The summed E-state index contributed by atoms with van der Waals surface area (Å²) in [5, 5.41) is 13.3. The van der Waals surface area contributed by atoms with Crippen molar-refractivity contribution in [2.75, 3.05) is 5.73 Å². The lowest BCUT2D eigenvalue weighted by molar-refractivity contribution is -0.0494. The molecule has 2 atom stereocenters. The van der Waals surface area contributed by atoms with E-state index in [0.717, 1.165) is 24.7 Å². The van der Waals surface area contributed by atoms with Crippen molar-refractivity contribution in [2.24, 2.45) is 11.8 Å². The third kappa shape index (κ3) is 5.89. The Morgan fingerprint density at radius 3 is 2.32 bits per heavy atom. The molecule has 0 bridgehead atoms. The quantitative estimate of drug-likeness (QED) is 0.794. The van der Waals surface area contributed by atoms with Gasteiger partial charge in [-0.15, -0.1) is 0 Å². The maximum absolute atomic E-state index is 12.2. The van der Waals surface area contributed by atoms with Crippen LogP contribution in [-0.4, -0.2) is 32.6 Å². The highest BCUT2D eigenvalue weighted by Gasteiger charge is 2.45. The highest BCUT2D eigenvalue weighted by atomic mass is 19.3. The van der Waals surface area contributed by atoms with Crippen LogP contribution in [0.2, 0.25) is 0 Å². The van der Waals surface area contributed by atoms with E-state index < -0.39 is 6.61 Å². The summed E-state index contributed by atoms with van der Waals surface area (Å²) in [6.45, 7) is 5.04. The van der Waals surface area contributed by atoms with Crippen molar-refractivity contribution in [3.05, 3.63) is 24.5 Å². The Morgan fingerprint density at radius 2 is 1.86 bits per heavy atom. The Balaban J connectivity index is 0.000000255. The third-order valence-corrected chi connectivity index (χ3v) is 4.75. The minimum atomic E-state index is -2.94. The summed E-state index contributed by atoms with van der Waals surface area (Å²) < 4.78 is 30.5. The number of rotatable bonds is 4. The lowest BCUT2D eigenvalue weighted by atomic mass is 10.2. The first kappa shape index (κ1) is 22.1. The maximum atomic E-state index is 12.2. The monoisotopic (exact) mass is 396 g/mol. The van der Waals surface area contributed by atoms with Crippen molar-refractivity contribution in [1.29, 1.82) is 0 Å². The van der Waals surface area contributed by atoms with Gasteiger partial charge in [0.25, 0.3) is 0 Å². The lowest BCUT2D eigenvalue weighted by Crippen LogP contribution is -2.06. The maximum Gasteiger partial charge on any atom is 0.387 e. The average Bonchev–Trinajstić information content (AvgIpc) is 3.07. The number of fused-ring (bicyclic) bond motifs is 1. The molecule has 8 heteroatoms. The van der Waals surface area contributed by atoms with Crippen LogP contribution < -0.4 is 10.5 Å². The largest absolute Gasteiger partial charge is 0.431 e. The van der Waals surface area contributed by atoms with Crippen LogP contribution in [0.4, 0.5) is 14.6 Å². The zero-order chi connectivity index (χ0) is 20.8. The molecule has 2 aliphatic carbocycles. The summed E-state index contributed by atoms with van der Waals surface area (Å²) in [6.07, 6.45) is 6.97. The van der Waals surface area contributed by atoms with Crippen LogP contribution in [0, 0.1) is 11.8 Å². The Labute approximate surface area is 164 Å². The second-order valence-corrected chi connectivity index (χ2v) is 7.14. The van der Waals surface area contributed by atoms with E-state index in [2.05, 4.69) is 14.8 Å². The number of aromatic nitrogens is 3. The predicted octanol–water partition coefficient (Wildman–Crippen LogP) is 4.51. The molecular weight excluding hydrogens is 366 g/mol. The van der Waals surface area contributed by atoms with Gasteiger partial charge < -0.3 is 15.6 Å². The van der Waals surface area contributed by atoms with E-state index >= 15 is 0 Å². The second-order valence-electron chi connectivity index (χ2n) is 7.14. The van der Waals surface area contributed by atoms with Gasteiger partial charge in [-0.1, -0.05) is 13.8 Å². The predicted molar refractivity (Wildman–Crippen MR) is 105 cm³/mol. The molecule has 4 rings (SSSR count). The van der Waals surface area contributed by atoms with Crippen molar-refractivity contribution in [1.82, 2.24) is 14.8 Å². The molecule has 2 unspecified atom stereocenters. The number of ether oxygens (including phenoxy) is 1. The number of anilines is 1. The molecule has 2 aromatic rings. The highest BCUT2D eigenvalue weighted by molar-refractivity contribution is 5.63. The Morgan fingerprint density at radius 1 is 1.21 bits per heavy atom. The van der Waals surface area contributed by atoms with E-state index in [9.17, 15) is 8.78 Å². The van der Waals surface area contributed by atoms with Gasteiger partial charge in [0.15, 0.2) is 11.6 Å². The van der Waals surface area contributed by atoms with Gasteiger partial charge in [0.2, 0.25) is 0 Å². The number of halogens is 2. The van der Waals surface area contributed by atoms with Gasteiger partial charge in [0.1, 0.15) is 0 Å². The van der Waals surface area contributed by atoms with Crippen molar-refractivity contribution in [2.45, 2.75) is 65.7 Å². The fraction of sp³-hybridized carbons (Fsp3) is 0.600. The molecule has 2 aromatic heterocycles. The Kier molecular flexibility index (Phi) is 7.74. The molecule has 2 heterocycles. The van der Waals surface area contributed by atoms with Gasteiger partial charge in [-0.2, -0.15) is 13.9 Å². The van der Waals surface area contributed by atoms with Crippen LogP contribution in [0.25, 0.3) is 11.3 Å². The summed E-state index contributed by atoms with van der Waals surface area (Å²) in [6, 6.07) is 3.40. The van der Waals surface area contributed by atoms with Crippen molar-refractivity contribution in [3.63, 3.8) is 0 Å². The van der Waals surface area contributed by atoms with Gasteiger partial charge in [-0.3, -0.25) is 4.68 Å². The molecule has 0 saturated heterocycles. The Hall–Kier alpha value is -2.22. The van der Waals surface area contributed by atoms with E-state index in [1.807, 2.05) is 33.9 Å². The zero-order valence-corrected chi connectivity index (χ0v) is 16.8. The van der Waals surface area contributed by atoms with E-state index in [4.69, 9.17) is 10.8 Å². The number of alkyl halides is 2. The molecule has 0 amide bonds. The van der Waals surface area contributed by atoms with Crippen LogP contribution in [0.15, 0.2) is 24.5 Å². The molecule has 0 radical (unpaired) electrons. The first-order valence-electron chi connectivity index (χ1n) is 9.77. The van der Waals surface area contributed by atoms with Gasteiger partial charge in [-0.05, 0) is 57.1 Å². The van der Waals surface area contributed by atoms with Crippen molar-refractivity contribution >= 4 is 5.82 Å². The lowest BCUT2D eigenvalue weighted by Gasteiger charge is -2.08. The molecule has 0 aromatic carbocycles. The number of hydrogen-bond donors (Lipinski definition) is 2. The number of aliphatic hydroxyl groups is 1. The number of hydrogen-bond acceptors (Lipinski definition) is 5. The first-order valence-corrected chi connectivity index (χ1v) is 9.77. The molecule has 0 spiro atoms. The molecule has 28 heavy (non-hydrogen) atoms. The standard InChI is InChI=1S/C12H14F2N4O.C6H10O.C2H6/c1-7(2)18-4-3-9(17-18)8-5-10(19-12(13)14)11(15)16-6-8;7-6-2-4-1-5(4)3-6;1-2/h3-7,12H,1-2H3,(H2,15,16);4-7H,1-3H2;1-2H3. The third-order valence-electron chi connectivity index (χ3n) is 4.75. The van der Waals surface area contributed by atoms with Gasteiger partial charge in [0, 0.05) is 24.0 Å². The number of aliphatic hydroxyl groups excluding tert-OH is 1. The van der Waals surface area contributed by atoms with Gasteiger partial charge >= 0.3 is 6.61 Å². The number of nitrogens with zero attached hydrogens (tertiary/aromatic N) is 3. The molecule has 2 aliphatic rings. The summed E-state index contributed by atoms with van der Waals surface area (Å²) in [4.78, 5) is 3.83. The molecule has 0 aliphatic heterocycles. The van der Waals surface area contributed by atoms with E-state index in [1.54, 1.807) is 10.7 Å². The van der Waals surface area contributed by atoms with Crippen LogP contribution in [0.3, 0.4) is 0 Å². The zero-order valence-electron chi connectivity index (χ0n) is 16.8. The molecule has 6 nitrogen and oxygen atoms in total.